The Morgan fingerprint density at radius 2 is 2.22 bits per heavy atom. The van der Waals surface area contributed by atoms with Gasteiger partial charge in [0.1, 0.15) is 5.76 Å². The second-order valence-electron chi connectivity index (χ2n) is 3.76. The molecule has 94 valence electrons. The van der Waals surface area contributed by atoms with E-state index in [0.717, 1.165) is 15.9 Å². The van der Waals surface area contributed by atoms with Gasteiger partial charge >= 0.3 is 0 Å². The van der Waals surface area contributed by atoms with Crippen LogP contribution in [0.15, 0.2) is 45.5 Å². The monoisotopic (exact) mass is 327 g/mol. The van der Waals surface area contributed by atoms with E-state index in [1.165, 1.54) is 0 Å². The summed E-state index contributed by atoms with van der Waals surface area (Å²) in [6, 6.07) is 8.93. The summed E-state index contributed by atoms with van der Waals surface area (Å²) in [4.78, 5) is 11.7. The predicted molar refractivity (Wildman–Crippen MR) is 74.8 cm³/mol. The zero-order valence-electron chi connectivity index (χ0n) is 9.45. The first-order chi connectivity index (χ1) is 8.65. The van der Waals surface area contributed by atoms with Crippen LogP contribution in [0.25, 0.3) is 0 Å². The maximum Gasteiger partial charge on any atom is 0.224 e. The zero-order valence-corrected chi connectivity index (χ0v) is 11.8. The van der Waals surface area contributed by atoms with Crippen LogP contribution in [0.2, 0.25) is 5.02 Å². The Morgan fingerprint density at radius 3 is 2.89 bits per heavy atom. The lowest BCUT2D eigenvalue weighted by atomic mass is 10.2. The van der Waals surface area contributed by atoms with E-state index in [1.807, 2.05) is 12.1 Å². The first-order valence-electron chi connectivity index (χ1n) is 5.42. The van der Waals surface area contributed by atoms with Crippen LogP contribution in [0.4, 0.5) is 5.69 Å². The van der Waals surface area contributed by atoms with Crippen LogP contribution in [-0.2, 0) is 11.2 Å². The highest BCUT2D eigenvalue weighted by Crippen LogP contribution is 2.25. The molecule has 3 nitrogen and oxygen atoms in total. The Balaban J connectivity index is 1.88. The normalized spacial score (nSPS) is 10.3. The molecule has 5 heteroatoms. The van der Waals surface area contributed by atoms with Crippen LogP contribution in [0, 0.1) is 0 Å². The topological polar surface area (TPSA) is 42.2 Å². The molecular weight excluding hydrogens is 318 g/mol. The van der Waals surface area contributed by atoms with Crippen molar-refractivity contribution in [3.8, 4) is 0 Å². The molecule has 18 heavy (non-hydrogen) atoms. The van der Waals surface area contributed by atoms with Crippen LogP contribution >= 0.6 is 27.5 Å². The molecule has 0 bridgehead atoms. The minimum atomic E-state index is -0.0550. The van der Waals surface area contributed by atoms with Crippen molar-refractivity contribution in [3.63, 3.8) is 0 Å². The van der Waals surface area contributed by atoms with Gasteiger partial charge in [-0.3, -0.25) is 4.79 Å². The molecule has 1 heterocycles. The highest BCUT2D eigenvalue weighted by Gasteiger charge is 2.06. The van der Waals surface area contributed by atoms with E-state index in [-0.39, 0.29) is 5.91 Å². The summed E-state index contributed by atoms with van der Waals surface area (Å²) in [6.45, 7) is 0. The Hall–Kier alpha value is -1.26. The van der Waals surface area contributed by atoms with Gasteiger partial charge in [-0.1, -0.05) is 11.6 Å². The molecule has 1 aromatic carbocycles. The lowest BCUT2D eigenvalue weighted by Gasteiger charge is -2.05. The predicted octanol–water partition coefficient (Wildman–Crippen LogP) is 4.27. The Bertz CT molecular complexity index is 540. The molecule has 0 saturated heterocycles. The Labute approximate surface area is 118 Å². The summed E-state index contributed by atoms with van der Waals surface area (Å²) in [5, 5.41) is 3.42. The van der Waals surface area contributed by atoms with Crippen molar-refractivity contribution in [3.05, 3.63) is 51.9 Å². The third kappa shape index (κ3) is 3.62. The molecule has 0 aliphatic carbocycles. The van der Waals surface area contributed by atoms with Gasteiger partial charge in [0, 0.05) is 23.0 Å². The van der Waals surface area contributed by atoms with E-state index in [0.29, 0.717) is 17.9 Å². The third-order valence-electron chi connectivity index (χ3n) is 2.38. The molecule has 0 saturated carbocycles. The van der Waals surface area contributed by atoms with Crippen molar-refractivity contribution >= 4 is 39.1 Å². The number of nitrogens with one attached hydrogen (secondary N) is 1. The van der Waals surface area contributed by atoms with E-state index in [1.54, 1.807) is 24.5 Å². The van der Waals surface area contributed by atoms with Crippen molar-refractivity contribution in [2.75, 3.05) is 5.32 Å². The largest absolute Gasteiger partial charge is 0.469 e. The van der Waals surface area contributed by atoms with Crippen LogP contribution in [0.5, 0.6) is 0 Å². The van der Waals surface area contributed by atoms with Gasteiger partial charge in [-0.15, -0.1) is 0 Å². The van der Waals surface area contributed by atoms with E-state index in [9.17, 15) is 4.79 Å². The number of carbonyl (C=O) groups is 1. The van der Waals surface area contributed by atoms with E-state index < -0.39 is 0 Å². The standard InChI is InChI=1S/C13H11BrClNO2/c14-11-8-9(3-5-12(11)15)16-13(17)6-4-10-2-1-7-18-10/h1-3,5,7-8H,4,6H2,(H,16,17). The van der Waals surface area contributed by atoms with Gasteiger partial charge in [-0.05, 0) is 46.3 Å². The first-order valence-corrected chi connectivity index (χ1v) is 6.59. The van der Waals surface area contributed by atoms with Crippen molar-refractivity contribution in [2.24, 2.45) is 0 Å². The number of carbonyl (C=O) groups excluding carboxylic acids is 1. The molecule has 1 amide bonds. The van der Waals surface area contributed by atoms with E-state index in [2.05, 4.69) is 21.2 Å². The number of aryl methyl sites for hydroxylation is 1. The van der Waals surface area contributed by atoms with Gasteiger partial charge in [0.25, 0.3) is 0 Å². The lowest BCUT2D eigenvalue weighted by molar-refractivity contribution is -0.116. The average Bonchev–Trinajstić information content (AvgIpc) is 2.84. The lowest BCUT2D eigenvalue weighted by Crippen LogP contribution is -2.12. The molecule has 0 radical (unpaired) electrons. The third-order valence-corrected chi connectivity index (χ3v) is 3.60. The highest BCUT2D eigenvalue weighted by atomic mass is 79.9. The second kappa shape index (κ2) is 6.07. The summed E-state index contributed by atoms with van der Waals surface area (Å²) in [6.07, 6.45) is 2.57. The second-order valence-corrected chi connectivity index (χ2v) is 5.02. The van der Waals surface area contributed by atoms with Gasteiger partial charge in [0.05, 0.1) is 11.3 Å². The van der Waals surface area contributed by atoms with E-state index >= 15 is 0 Å². The molecule has 0 aliphatic heterocycles. The summed E-state index contributed by atoms with van der Waals surface area (Å²) in [7, 11) is 0. The number of rotatable bonds is 4. The van der Waals surface area contributed by atoms with Crippen molar-refractivity contribution in [1.82, 2.24) is 0 Å². The molecule has 0 atom stereocenters. The SMILES string of the molecule is O=C(CCc1ccco1)Nc1ccc(Cl)c(Br)c1. The summed E-state index contributed by atoms with van der Waals surface area (Å²) >= 11 is 9.18. The summed E-state index contributed by atoms with van der Waals surface area (Å²) in [5.74, 6) is 0.753. The molecule has 0 spiro atoms. The highest BCUT2D eigenvalue weighted by molar-refractivity contribution is 9.10. The van der Waals surface area contributed by atoms with Crippen molar-refractivity contribution in [2.45, 2.75) is 12.8 Å². The van der Waals surface area contributed by atoms with Gasteiger partial charge in [0.2, 0.25) is 5.91 Å². The number of amides is 1. The number of furan rings is 1. The average molecular weight is 329 g/mol. The molecule has 0 unspecified atom stereocenters. The van der Waals surface area contributed by atoms with E-state index in [4.69, 9.17) is 16.0 Å². The Kier molecular flexibility index (Phi) is 4.44. The number of benzene rings is 1. The van der Waals surface area contributed by atoms with Gasteiger partial charge in [-0.25, -0.2) is 0 Å². The molecule has 2 rings (SSSR count). The first kappa shape index (κ1) is 13.2. The molecule has 0 aliphatic rings. The maximum atomic E-state index is 11.7. The number of anilines is 1. The number of hydrogen-bond acceptors (Lipinski definition) is 2. The molecule has 0 fully saturated rings. The van der Waals surface area contributed by atoms with Crippen molar-refractivity contribution < 1.29 is 9.21 Å². The number of halogens is 2. The molecule has 1 aromatic heterocycles. The minimum Gasteiger partial charge on any atom is -0.469 e. The Morgan fingerprint density at radius 1 is 1.39 bits per heavy atom. The fraction of sp³-hybridized carbons (Fsp3) is 0.154. The molecule has 1 N–H and O–H groups in total. The molecular formula is C13H11BrClNO2. The van der Waals surface area contributed by atoms with Crippen LogP contribution in [-0.4, -0.2) is 5.91 Å². The smallest absolute Gasteiger partial charge is 0.224 e. The van der Waals surface area contributed by atoms with Gasteiger partial charge in [-0.2, -0.15) is 0 Å². The van der Waals surface area contributed by atoms with Gasteiger partial charge < -0.3 is 9.73 Å². The van der Waals surface area contributed by atoms with Crippen molar-refractivity contribution in [1.29, 1.82) is 0 Å². The fourth-order valence-electron chi connectivity index (χ4n) is 1.49. The summed E-state index contributed by atoms with van der Waals surface area (Å²) < 4.78 is 5.92. The quantitative estimate of drug-likeness (QED) is 0.911. The fourth-order valence-corrected chi connectivity index (χ4v) is 1.99. The maximum absolute atomic E-state index is 11.7. The van der Waals surface area contributed by atoms with Crippen LogP contribution in [0.3, 0.4) is 0 Å². The molecule has 2 aromatic rings. The van der Waals surface area contributed by atoms with Crippen LogP contribution < -0.4 is 5.32 Å². The van der Waals surface area contributed by atoms with Crippen LogP contribution in [0.1, 0.15) is 12.2 Å². The minimum absolute atomic E-state index is 0.0550. The summed E-state index contributed by atoms with van der Waals surface area (Å²) in [5.41, 5.74) is 0.718. The van der Waals surface area contributed by atoms with Gasteiger partial charge in [0.15, 0.2) is 0 Å². The number of hydrogen-bond donors (Lipinski definition) is 1. The zero-order chi connectivity index (χ0) is 13.0.